The molecular formula is C21H32F3N5O2. The highest BCUT2D eigenvalue weighted by Crippen LogP contribution is 2.29. The Bertz CT molecular complexity index is 760. The van der Waals surface area contributed by atoms with Crippen molar-refractivity contribution in [3.05, 3.63) is 35.4 Å². The zero-order valence-corrected chi connectivity index (χ0v) is 18.6. The molecule has 0 radical (unpaired) electrons. The molecule has 2 rings (SSSR count). The molecule has 0 aromatic heterocycles. The van der Waals surface area contributed by atoms with Crippen molar-refractivity contribution >= 4 is 11.9 Å². The van der Waals surface area contributed by atoms with E-state index < -0.39 is 11.7 Å². The summed E-state index contributed by atoms with van der Waals surface area (Å²) in [6.07, 6.45) is -4.40. The molecule has 0 saturated carbocycles. The van der Waals surface area contributed by atoms with Gasteiger partial charge in [-0.25, -0.2) is 4.99 Å². The normalized spacial score (nSPS) is 16.2. The molecular weight excluding hydrogens is 411 g/mol. The molecule has 1 aliphatic rings. The summed E-state index contributed by atoms with van der Waals surface area (Å²) in [6, 6.07) is 5.08. The summed E-state index contributed by atoms with van der Waals surface area (Å²) in [5.41, 5.74) is -0.477. The molecule has 0 bridgehead atoms. The second-order valence-electron chi connectivity index (χ2n) is 8.27. The zero-order valence-electron chi connectivity index (χ0n) is 18.6. The van der Waals surface area contributed by atoms with Gasteiger partial charge in [-0.2, -0.15) is 13.2 Å². The van der Waals surface area contributed by atoms with Crippen molar-refractivity contribution < 1.29 is 22.7 Å². The first kappa shape index (κ1) is 24.9. The van der Waals surface area contributed by atoms with Crippen LogP contribution in [0.5, 0.6) is 0 Å². The maximum atomic E-state index is 13.0. The van der Waals surface area contributed by atoms with Gasteiger partial charge in [0.05, 0.1) is 31.9 Å². The average Bonchev–Trinajstić information content (AvgIpc) is 2.73. The number of carbonyl (C=O) groups is 1. The van der Waals surface area contributed by atoms with Crippen LogP contribution in [0.4, 0.5) is 13.2 Å². The lowest BCUT2D eigenvalue weighted by Gasteiger charge is -2.41. The van der Waals surface area contributed by atoms with E-state index in [2.05, 4.69) is 34.4 Å². The zero-order chi connectivity index (χ0) is 23.1. The molecule has 1 aliphatic heterocycles. The van der Waals surface area contributed by atoms with E-state index in [4.69, 9.17) is 4.74 Å². The Labute approximate surface area is 181 Å². The van der Waals surface area contributed by atoms with Gasteiger partial charge in [0.2, 0.25) is 5.91 Å². The Hall–Kier alpha value is -2.33. The molecule has 7 nitrogen and oxygen atoms in total. The number of aliphatic imine (C=N–C) groups is 1. The third-order valence-corrected chi connectivity index (χ3v) is 5.14. The Morgan fingerprint density at radius 1 is 1.19 bits per heavy atom. The molecule has 0 atom stereocenters. The van der Waals surface area contributed by atoms with Gasteiger partial charge in [0.25, 0.3) is 0 Å². The maximum Gasteiger partial charge on any atom is 0.416 e. The van der Waals surface area contributed by atoms with Crippen molar-refractivity contribution in [2.75, 3.05) is 53.5 Å². The van der Waals surface area contributed by atoms with Crippen LogP contribution in [-0.2, 0) is 22.3 Å². The molecule has 1 amide bonds. The Morgan fingerprint density at radius 2 is 1.87 bits per heavy atom. The minimum Gasteiger partial charge on any atom is -0.379 e. The molecule has 1 aromatic carbocycles. The number of nitrogens with one attached hydrogen (secondary N) is 2. The van der Waals surface area contributed by atoms with Crippen LogP contribution >= 0.6 is 0 Å². The van der Waals surface area contributed by atoms with Gasteiger partial charge in [0.1, 0.15) is 0 Å². The standard InChI is InChI=1S/C21H32F3N5O2/c1-20(2,29-8-10-31-11-9-29)15-27-19(26-14-18(30)28(3)4)25-13-16-6-5-7-17(12-16)21(22,23)24/h5-7,12H,8-11,13-15H2,1-4H3,(H2,25,26,27). The van der Waals surface area contributed by atoms with Crippen LogP contribution in [0.3, 0.4) is 0 Å². The lowest BCUT2D eigenvalue weighted by Crippen LogP contribution is -2.56. The number of carbonyl (C=O) groups excluding carboxylic acids is 1. The Morgan fingerprint density at radius 3 is 2.48 bits per heavy atom. The molecule has 0 spiro atoms. The highest BCUT2D eigenvalue weighted by molar-refractivity contribution is 5.86. The second-order valence-corrected chi connectivity index (χ2v) is 8.27. The summed E-state index contributed by atoms with van der Waals surface area (Å²) in [5.74, 6) is 0.231. The van der Waals surface area contributed by atoms with Gasteiger partial charge in [-0.05, 0) is 31.5 Å². The number of benzene rings is 1. The molecule has 1 aromatic rings. The third-order valence-electron chi connectivity index (χ3n) is 5.14. The minimum absolute atomic E-state index is 0.0272. The van der Waals surface area contributed by atoms with Crippen LogP contribution < -0.4 is 10.6 Å². The number of hydrogen-bond acceptors (Lipinski definition) is 4. The van der Waals surface area contributed by atoms with E-state index in [-0.39, 0.29) is 24.5 Å². The number of ether oxygens (including phenoxy) is 1. The fourth-order valence-corrected chi connectivity index (χ4v) is 3.09. The summed E-state index contributed by atoms with van der Waals surface area (Å²) in [6.45, 7) is 7.80. The maximum absolute atomic E-state index is 13.0. The summed E-state index contributed by atoms with van der Waals surface area (Å²) >= 11 is 0. The number of guanidine groups is 1. The SMILES string of the molecule is CN(C)C(=O)CNC(=NCc1cccc(C(F)(F)F)c1)NCC(C)(C)N1CCOCC1. The molecule has 174 valence electrons. The summed E-state index contributed by atoms with van der Waals surface area (Å²) in [5, 5.41) is 6.20. The van der Waals surface area contributed by atoms with E-state index in [0.717, 1.165) is 25.2 Å². The number of alkyl halides is 3. The van der Waals surface area contributed by atoms with Crippen molar-refractivity contribution in [1.82, 2.24) is 20.4 Å². The van der Waals surface area contributed by atoms with Crippen molar-refractivity contribution in [2.45, 2.75) is 32.1 Å². The van der Waals surface area contributed by atoms with E-state index >= 15 is 0 Å². The van der Waals surface area contributed by atoms with Gasteiger partial charge in [0, 0.05) is 39.3 Å². The van der Waals surface area contributed by atoms with Gasteiger partial charge in [-0.1, -0.05) is 12.1 Å². The average molecular weight is 444 g/mol. The summed E-state index contributed by atoms with van der Waals surface area (Å²) < 4.78 is 44.3. The first-order chi connectivity index (χ1) is 14.5. The molecule has 1 heterocycles. The quantitative estimate of drug-likeness (QED) is 0.498. The Kier molecular flexibility index (Phi) is 8.69. The highest BCUT2D eigenvalue weighted by Gasteiger charge is 2.30. The van der Waals surface area contributed by atoms with Gasteiger partial charge in [-0.15, -0.1) is 0 Å². The fraction of sp³-hybridized carbons (Fsp3) is 0.619. The van der Waals surface area contributed by atoms with Gasteiger partial charge in [0.15, 0.2) is 5.96 Å². The highest BCUT2D eigenvalue weighted by atomic mass is 19.4. The van der Waals surface area contributed by atoms with Crippen LogP contribution in [-0.4, -0.2) is 80.7 Å². The van der Waals surface area contributed by atoms with E-state index in [1.54, 1.807) is 20.2 Å². The van der Waals surface area contributed by atoms with E-state index in [9.17, 15) is 18.0 Å². The predicted octanol–water partition coefficient (Wildman–Crippen LogP) is 1.94. The van der Waals surface area contributed by atoms with Gasteiger partial charge in [-0.3, -0.25) is 9.69 Å². The number of amides is 1. The molecule has 1 fully saturated rings. The number of morpholine rings is 1. The summed E-state index contributed by atoms with van der Waals surface area (Å²) in [7, 11) is 3.30. The first-order valence-corrected chi connectivity index (χ1v) is 10.2. The van der Waals surface area contributed by atoms with Crippen LogP contribution in [0.25, 0.3) is 0 Å². The van der Waals surface area contributed by atoms with Crippen LogP contribution in [0.2, 0.25) is 0 Å². The lowest BCUT2D eigenvalue weighted by molar-refractivity contribution is -0.137. The van der Waals surface area contributed by atoms with E-state index in [0.29, 0.717) is 31.3 Å². The first-order valence-electron chi connectivity index (χ1n) is 10.2. The van der Waals surface area contributed by atoms with Crippen LogP contribution in [0.1, 0.15) is 25.0 Å². The smallest absolute Gasteiger partial charge is 0.379 e. The number of likely N-dealkylation sites (N-methyl/N-ethyl adjacent to an activating group) is 1. The molecule has 0 aliphatic carbocycles. The van der Waals surface area contributed by atoms with Crippen molar-refractivity contribution in [3.63, 3.8) is 0 Å². The number of halogens is 3. The van der Waals surface area contributed by atoms with Crippen molar-refractivity contribution in [1.29, 1.82) is 0 Å². The minimum atomic E-state index is -4.40. The molecule has 0 unspecified atom stereocenters. The molecule has 31 heavy (non-hydrogen) atoms. The second kappa shape index (κ2) is 10.8. The Balaban J connectivity index is 2.09. The topological polar surface area (TPSA) is 69.2 Å². The third kappa shape index (κ3) is 8.02. The molecule has 1 saturated heterocycles. The van der Waals surface area contributed by atoms with E-state index in [1.807, 2.05) is 0 Å². The predicted molar refractivity (Wildman–Crippen MR) is 114 cm³/mol. The monoisotopic (exact) mass is 443 g/mol. The number of hydrogen-bond donors (Lipinski definition) is 2. The van der Waals surface area contributed by atoms with E-state index in [1.165, 1.54) is 11.0 Å². The lowest BCUT2D eigenvalue weighted by atomic mass is 10.0. The van der Waals surface area contributed by atoms with Crippen molar-refractivity contribution in [3.8, 4) is 0 Å². The molecule has 10 heteroatoms. The van der Waals surface area contributed by atoms with Gasteiger partial charge < -0.3 is 20.3 Å². The largest absolute Gasteiger partial charge is 0.416 e. The van der Waals surface area contributed by atoms with Crippen molar-refractivity contribution in [2.24, 2.45) is 4.99 Å². The summed E-state index contributed by atoms with van der Waals surface area (Å²) in [4.78, 5) is 20.1. The van der Waals surface area contributed by atoms with Crippen LogP contribution in [0.15, 0.2) is 29.3 Å². The number of nitrogens with zero attached hydrogens (tertiary/aromatic N) is 3. The van der Waals surface area contributed by atoms with Gasteiger partial charge >= 0.3 is 6.18 Å². The van der Waals surface area contributed by atoms with Crippen LogP contribution in [0, 0.1) is 0 Å². The number of rotatable bonds is 7. The molecule has 2 N–H and O–H groups in total. The fourth-order valence-electron chi connectivity index (χ4n) is 3.09.